The van der Waals surface area contributed by atoms with Gasteiger partial charge in [0, 0.05) is 22.7 Å². The van der Waals surface area contributed by atoms with E-state index < -0.39 is 6.10 Å². The summed E-state index contributed by atoms with van der Waals surface area (Å²) < 4.78 is 0. The topological polar surface area (TPSA) is 33.1 Å². The fraction of sp³-hybridized carbons (Fsp3) is 0.357. The lowest BCUT2D eigenvalue weighted by atomic mass is 9.83. The maximum Gasteiger partial charge on any atom is 0.0965 e. The molecule has 17 heavy (non-hydrogen) atoms. The molecule has 1 N–H and O–H groups in total. The molecule has 0 bridgehead atoms. The standard InChI is InChI=1S/C14H15NOS/c16-14(12-7-3-9-17-12)11-6-1-4-10-5-2-8-15-13(10)11/h2-3,5,7-9,11,14,16H,1,4,6H2. The molecule has 2 aromatic heterocycles. The predicted molar refractivity (Wildman–Crippen MR) is 69.2 cm³/mol. The summed E-state index contributed by atoms with van der Waals surface area (Å²) in [5, 5.41) is 12.5. The number of nitrogens with zero attached hydrogens (tertiary/aromatic N) is 1. The van der Waals surface area contributed by atoms with Crippen molar-refractivity contribution in [3.63, 3.8) is 0 Å². The molecule has 0 amide bonds. The maximum atomic E-state index is 10.5. The van der Waals surface area contributed by atoms with Crippen LogP contribution >= 0.6 is 11.3 Å². The van der Waals surface area contributed by atoms with Crippen molar-refractivity contribution in [1.82, 2.24) is 4.98 Å². The number of pyridine rings is 1. The first-order valence-electron chi connectivity index (χ1n) is 6.01. The van der Waals surface area contributed by atoms with Gasteiger partial charge in [-0.25, -0.2) is 0 Å². The van der Waals surface area contributed by atoms with Crippen molar-refractivity contribution >= 4 is 11.3 Å². The molecule has 2 atom stereocenters. The first kappa shape index (κ1) is 10.9. The highest BCUT2D eigenvalue weighted by molar-refractivity contribution is 7.10. The molecule has 2 nitrogen and oxygen atoms in total. The number of hydrogen-bond donors (Lipinski definition) is 1. The number of aromatic nitrogens is 1. The maximum absolute atomic E-state index is 10.5. The molecule has 88 valence electrons. The molecule has 0 aromatic carbocycles. The van der Waals surface area contributed by atoms with Gasteiger partial charge in [0.25, 0.3) is 0 Å². The predicted octanol–water partition coefficient (Wildman–Crippen LogP) is 3.30. The number of rotatable bonds is 2. The number of aliphatic hydroxyl groups is 1. The van der Waals surface area contributed by atoms with Gasteiger partial charge in [-0.2, -0.15) is 0 Å². The van der Waals surface area contributed by atoms with E-state index in [4.69, 9.17) is 0 Å². The molecule has 0 fully saturated rings. The van der Waals surface area contributed by atoms with Crippen LogP contribution in [0.1, 0.15) is 41.0 Å². The Bertz CT molecular complexity index is 495. The van der Waals surface area contributed by atoms with Crippen LogP contribution in [0.25, 0.3) is 0 Å². The van der Waals surface area contributed by atoms with Gasteiger partial charge in [0.1, 0.15) is 0 Å². The SMILES string of the molecule is OC(c1cccs1)C1CCCc2cccnc21. The van der Waals surface area contributed by atoms with Crippen LogP contribution in [0.15, 0.2) is 35.8 Å². The van der Waals surface area contributed by atoms with Crippen molar-refractivity contribution in [3.05, 3.63) is 52.0 Å². The molecule has 0 radical (unpaired) electrons. The zero-order valence-electron chi connectivity index (χ0n) is 9.54. The van der Waals surface area contributed by atoms with Crippen molar-refractivity contribution < 1.29 is 5.11 Å². The van der Waals surface area contributed by atoms with Gasteiger partial charge < -0.3 is 5.11 Å². The largest absolute Gasteiger partial charge is 0.387 e. The summed E-state index contributed by atoms with van der Waals surface area (Å²) in [7, 11) is 0. The molecule has 3 rings (SSSR count). The van der Waals surface area contributed by atoms with E-state index in [1.165, 1.54) is 5.56 Å². The Morgan fingerprint density at radius 3 is 3.12 bits per heavy atom. The first-order chi connectivity index (χ1) is 8.36. The molecule has 2 heterocycles. The van der Waals surface area contributed by atoms with E-state index in [-0.39, 0.29) is 5.92 Å². The van der Waals surface area contributed by atoms with Crippen LogP contribution in [-0.2, 0) is 6.42 Å². The van der Waals surface area contributed by atoms with Crippen LogP contribution in [0.3, 0.4) is 0 Å². The van der Waals surface area contributed by atoms with Gasteiger partial charge >= 0.3 is 0 Å². The molecule has 1 aliphatic carbocycles. The summed E-state index contributed by atoms with van der Waals surface area (Å²) in [6.45, 7) is 0. The van der Waals surface area contributed by atoms with E-state index in [1.807, 2.05) is 29.8 Å². The molecule has 2 unspecified atom stereocenters. The molecule has 0 saturated heterocycles. The minimum atomic E-state index is -0.399. The quantitative estimate of drug-likeness (QED) is 0.880. The Hall–Kier alpha value is -1.19. The second-order valence-electron chi connectivity index (χ2n) is 4.51. The number of fused-ring (bicyclic) bond motifs is 1. The second-order valence-corrected chi connectivity index (χ2v) is 5.49. The summed E-state index contributed by atoms with van der Waals surface area (Å²) in [5.74, 6) is 0.165. The van der Waals surface area contributed by atoms with Crippen LogP contribution in [0.4, 0.5) is 0 Å². The molecular weight excluding hydrogens is 230 g/mol. The Morgan fingerprint density at radius 1 is 1.35 bits per heavy atom. The highest BCUT2D eigenvalue weighted by atomic mass is 32.1. The van der Waals surface area contributed by atoms with Crippen molar-refractivity contribution in [3.8, 4) is 0 Å². The Balaban J connectivity index is 1.95. The van der Waals surface area contributed by atoms with Gasteiger partial charge in [-0.3, -0.25) is 4.98 Å². The molecule has 0 spiro atoms. The summed E-state index contributed by atoms with van der Waals surface area (Å²) in [5.41, 5.74) is 2.40. The van der Waals surface area contributed by atoms with E-state index >= 15 is 0 Å². The smallest absolute Gasteiger partial charge is 0.0965 e. The van der Waals surface area contributed by atoms with Crippen LogP contribution in [0, 0.1) is 0 Å². The van der Waals surface area contributed by atoms with Crippen LogP contribution < -0.4 is 0 Å². The minimum absolute atomic E-state index is 0.165. The molecular formula is C14H15NOS. The van der Waals surface area contributed by atoms with Gasteiger partial charge in [-0.1, -0.05) is 12.1 Å². The van der Waals surface area contributed by atoms with Gasteiger partial charge in [0.15, 0.2) is 0 Å². The fourth-order valence-electron chi connectivity index (χ4n) is 2.61. The summed E-state index contributed by atoms with van der Waals surface area (Å²) in [4.78, 5) is 5.53. The highest BCUT2D eigenvalue weighted by Crippen LogP contribution is 2.40. The third kappa shape index (κ3) is 2.01. The highest BCUT2D eigenvalue weighted by Gasteiger charge is 2.29. The minimum Gasteiger partial charge on any atom is -0.387 e. The molecule has 3 heteroatoms. The number of hydrogen-bond acceptors (Lipinski definition) is 3. The fourth-order valence-corrected chi connectivity index (χ4v) is 3.39. The van der Waals surface area contributed by atoms with Gasteiger partial charge in [0.2, 0.25) is 0 Å². The third-order valence-corrected chi connectivity index (χ3v) is 4.40. The average Bonchev–Trinajstić information content (AvgIpc) is 2.91. The lowest BCUT2D eigenvalue weighted by Gasteiger charge is -2.27. The van der Waals surface area contributed by atoms with Crippen LogP contribution in [0.5, 0.6) is 0 Å². The lowest BCUT2D eigenvalue weighted by Crippen LogP contribution is -2.17. The monoisotopic (exact) mass is 245 g/mol. The number of aliphatic hydroxyl groups excluding tert-OH is 1. The van der Waals surface area contributed by atoms with E-state index in [2.05, 4.69) is 11.1 Å². The van der Waals surface area contributed by atoms with E-state index in [9.17, 15) is 5.11 Å². The molecule has 2 aromatic rings. The number of thiophene rings is 1. The average molecular weight is 245 g/mol. The molecule has 0 saturated carbocycles. The van der Waals surface area contributed by atoms with E-state index in [0.717, 1.165) is 29.8 Å². The summed E-state index contributed by atoms with van der Waals surface area (Å²) in [6, 6.07) is 8.12. The Kier molecular flexibility index (Phi) is 2.95. The number of aryl methyl sites for hydroxylation is 1. The van der Waals surface area contributed by atoms with Crippen molar-refractivity contribution in [2.45, 2.75) is 31.3 Å². The third-order valence-electron chi connectivity index (χ3n) is 3.45. The second kappa shape index (κ2) is 4.59. The summed E-state index contributed by atoms with van der Waals surface area (Å²) in [6.07, 6.45) is 4.70. The van der Waals surface area contributed by atoms with E-state index in [0.29, 0.717) is 0 Å². The molecule has 0 aliphatic heterocycles. The van der Waals surface area contributed by atoms with Crippen LogP contribution in [-0.4, -0.2) is 10.1 Å². The van der Waals surface area contributed by atoms with Gasteiger partial charge in [0.05, 0.1) is 6.10 Å². The van der Waals surface area contributed by atoms with E-state index in [1.54, 1.807) is 11.3 Å². The van der Waals surface area contributed by atoms with Gasteiger partial charge in [-0.05, 0) is 42.3 Å². The van der Waals surface area contributed by atoms with Crippen molar-refractivity contribution in [2.24, 2.45) is 0 Å². The lowest BCUT2D eigenvalue weighted by molar-refractivity contribution is 0.137. The van der Waals surface area contributed by atoms with Crippen molar-refractivity contribution in [2.75, 3.05) is 0 Å². The zero-order chi connectivity index (χ0) is 11.7. The van der Waals surface area contributed by atoms with Gasteiger partial charge in [-0.15, -0.1) is 11.3 Å². The summed E-state index contributed by atoms with van der Waals surface area (Å²) >= 11 is 1.62. The Morgan fingerprint density at radius 2 is 2.29 bits per heavy atom. The van der Waals surface area contributed by atoms with Crippen LogP contribution in [0.2, 0.25) is 0 Å². The Labute approximate surface area is 105 Å². The van der Waals surface area contributed by atoms with Crippen molar-refractivity contribution in [1.29, 1.82) is 0 Å². The first-order valence-corrected chi connectivity index (χ1v) is 6.89. The normalized spacial score (nSPS) is 20.9. The molecule has 1 aliphatic rings. The zero-order valence-corrected chi connectivity index (χ0v) is 10.4.